The van der Waals surface area contributed by atoms with E-state index in [1.165, 1.54) is 25.7 Å². The maximum atomic E-state index is 5.99. The number of hydrogen-bond donors (Lipinski definition) is 0. The Labute approximate surface area is 417 Å². The van der Waals surface area contributed by atoms with Crippen LogP contribution < -0.4 is 0 Å². The van der Waals surface area contributed by atoms with Crippen LogP contribution in [0, 0.1) is 5.41 Å². The van der Waals surface area contributed by atoms with Gasteiger partial charge in [-0.15, -0.1) is 0 Å². The van der Waals surface area contributed by atoms with E-state index in [4.69, 9.17) is 75.8 Å². The first-order valence-electron chi connectivity index (χ1n) is 26.6. The summed E-state index contributed by atoms with van der Waals surface area (Å²) in [5, 5.41) is 0. The van der Waals surface area contributed by atoms with Gasteiger partial charge in [0.15, 0.2) is 0 Å². The zero-order valence-corrected chi connectivity index (χ0v) is 46.6. The molecule has 0 heterocycles. The summed E-state index contributed by atoms with van der Waals surface area (Å²) in [5.74, 6) is 0. The van der Waals surface area contributed by atoms with Crippen molar-refractivity contribution >= 4 is 0 Å². The molecule has 0 radical (unpaired) electrons. The summed E-state index contributed by atoms with van der Waals surface area (Å²) in [6, 6.07) is 0. The summed E-state index contributed by atoms with van der Waals surface area (Å²) in [5.41, 5.74) is 0.667. The van der Waals surface area contributed by atoms with Crippen LogP contribution in [0.3, 0.4) is 0 Å². The smallest absolute Gasteiger partial charge is 0.104 e. The van der Waals surface area contributed by atoms with Crippen LogP contribution in [0.1, 0.15) is 130 Å². The van der Waals surface area contributed by atoms with Crippen molar-refractivity contribution in [2.45, 2.75) is 172 Å². The highest BCUT2D eigenvalue weighted by Crippen LogP contribution is 2.33. The molecule has 16 heteroatoms. The van der Waals surface area contributed by atoms with E-state index in [1.807, 2.05) is 76.2 Å². The van der Waals surface area contributed by atoms with Gasteiger partial charge in [0.05, 0.1) is 92.5 Å². The predicted octanol–water partition coefficient (Wildman–Crippen LogP) is 8.65. The summed E-state index contributed by atoms with van der Waals surface area (Å²) in [7, 11) is 0. The third-order valence-electron chi connectivity index (χ3n) is 10.9. The molecule has 0 aromatic rings. The van der Waals surface area contributed by atoms with Gasteiger partial charge in [-0.05, 0) is 81.6 Å². The molecule has 0 aromatic carbocycles. The highest BCUT2D eigenvalue weighted by Gasteiger charge is 2.21. The molecule has 0 spiro atoms. The molecule has 0 fully saturated rings. The second kappa shape index (κ2) is 55.7. The summed E-state index contributed by atoms with van der Waals surface area (Å²) in [4.78, 5) is 0. The molecule has 0 aliphatic carbocycles. The first-order chi connectivity index (χ1) is 33.1. The van der Waals surface area contributed by atoms with Crippen molar-refractivity contribution in [3.8, 4) is 0 Å². The molecule has 68 heavy (non-hydrogen) atoms. The number of rotatable bonds is 50. The van der Waals surface area contributed by atoms with Crippen molar-refractivity contribution in [2.24, 2.45) is 5.41 Å². The van der Waals surface area contributed by atoms with E-state index in [0.717, 1.165) is 13.2 Å². The van der Waals surface area contributed by atoms with Crippen LogP contribution in [0.2, 0.25) is 0 Å². The van der Waals surface area contributed by atoms with Crippen LogP contribution in [-0.2, 0) is 75.8 Å². The van der Waals surface area contributed by atoms with Crippen molar-refractivity contribution in [3.05, 3.63) is 0 Å². The molecule has 0 aliphatic rings. The lowest BCUT2D eigenvalue weighted by molar-refractivity contribution is -0.119. The average molecular weight is 991 g/mol. The van der Waals surface area contributed by atoms with E-state index >= 15 is 0 Å². The molecule has 0 rings (SSSR count). The van der Waals surface area contributed by atoms with Gasteiger partial charge in [0.25, 0.3) is 0 Å². The minimum atomic E-state index is -0.234. The zero-order valence-electron chi connectivity index (χ0n) is 46.6. The predicted molar refractivity (Wildman–Crippen MR) is 272 cm³/mol. The lowest BCUT2D eigenvalue weighted by atomic mass is 9.78. The van der Waals surface area contributed by atoms with Crippen molar-refractivity contribution in [1.29, 1.82) is 0 Å². The van der Waals surface area contributed by atoms with Gasteiger partial charge in [-0.25, -0.2) is 0 Å². The third-order valence-corrected chi connectivity index (χ3v) is 10.9. The zero-order chi connectivity index (χ0) is 51.4. The highest BCUT2D eigenvalue weighted by atomic mass is 16.6. The first-order valence-corrected chi connectivity index (χ1v) is 26.6. The summed E-state index contributed by atoms with van der Waals surface area (Å²) in [6.45, 7) is 43.8. The number of ether oxygens (including phenoxy) is 16. The molecule has 414 valence electrons. The minimum absolute atomic E-state index is 0.0925. The largest absolute Gasteiger partial charge is 0.379 e. The van der Waals surface area contributed by atoms with Gasteiger partial charge >= 0.3 is 0 Å². The minimum Gasteiger partial charge on any atom is -0.379 e. The van der Waals surface area contributed by atoms with Gasteiger partial charge < -0.3 is 75.8 Å². The monoisotopic (exact) mass is 991 g/mol. The van der Waals surface area contributed by atoms with E-state index in [0.29, 0.717) is 157 Å². The van der Waals surface area contributed by atoms with E-state index < -0.39 is 0 Å². The van der Waals surface area contributed by atoms with E-state index in [2.05, 4.69) is 27.7 Å². The molecule has 6 unspecified atom stereocenters. The van der Waals surface area contributed by atoms with Crippen molar-refractivity contribution < 1.29 is 75.8 Å². The number of hydrogen-bond acceptors (Lipinski definition) is 16. The second-order valence-corrected chi connectivity index (χ2v) is 15.8. The molecule has 0 N–H and O–H groups in total. The molecule has 0 aromatic heterocycles. The Hall–Kier alpha value is -0.640. The molecular weight excluding hydrogens is 881 g/mol. The van der Waals surface area contributed by atoms with Crippen LogP contribution in [-0.4, -0.2) is 208 Å². The summed E-state index contributed by atoms with van der Waals surface area (Å²) >= 11 is 0. The topological polar surface area (TPSA) is 148 Å². The second-order valence-electron chi connectivity index (χ2n) is 15.8. The van der Waals surface area contributed by atoms with Crippen LogP contribution in [0.25, 0.3) is 0 Å². The molecule has 0 saturated heterocycles. The van der Waals surface area contributed by atoms with Crippen LogP contribution >= 0.6 is 0 Å². The Kier molecular flexibility index (Phi) is 58.6. The Bertz CT molecular complexity index is 860. The van der Waals surface area contributed by atoms with Crippen molar-refractivity contribution in [2.75, 3.05) is 165 Å². The van der Waals surface area contributed by atoms with Gasteiger partial charge in [-0.3, -0.25) is 0 Å². The Morgan fingerprint density at radius 2 is 0.324 bits per heavy atom. The van der Waals surface area contributed by atoms with Gasteiger partial charge in [0.1, 0.15) is 42.7 Å². The SMILES string of the molecule is CCC(CC)(CC)CC.CCOCC(COCC(COCC(COCC(COCC(COCC(COCC)OCC)OCC)OCC)OCC)OCC)OCC.CCOCC(COCC)OCC. The Morgan fingerprint density at radius 1 is 0.191 bits per heavy atom. The quantitative estimate of drug-likeness (QED) is 0.0572. The van der Waals surface area contributed by atoms with Gasteiger partial charge in [-0.2, -0.15) is 0 Å². The van der Waals surface area contributed by atoms with Crippen molar-refractivity contribution in [1.82, 2.24) is 0 Å². The Morgan fingerprint density at radius 3 is 0.412 bits per heavy atom. The maximum absolute atomic E-state index is 5.99. The average Bonchev–Trinajstić information content (AvgIpc) is 3.34. The molecule has 0 aliphatic heterocycles. The fourth-order valence-corrected chi connectivity index (χ4v) is 6.81. The van der Waals surface area contributed by atoms with Crippen LogP contribution in [0.15, 0.2) is 0 Å². The summed E-state index contributed by atoms with van der Waals surface area (Å²) in [6.07, 6.45) is 4.38. The molecule has 16 nitrogen and oxygen atoms in total. The van der Waals surface area contributed by atoms with Crippen molar-refractivity contribution in [3.63, 3.8) is 0 Å². The Balaban J connectivity index is -0.00000164. The highest BCUT2D eigenvalue weighted by molar-refractivity contribution is 4.72. The van der Waals surface area contributed by atoms with E-state index in [-0.39, 0.29) is 42.7 Å². The fraction of sp³-hybridized carbons (Fsp3) is 1.00. The van der Waals surface area contributed by atoms with Crippen LogP contribution in [0.5, 0.6) is 0 Å². The molecule has 0 saturated carbocycles. The maximum Gasteiger partial charge on any atom is 0.104 e. The van der Waals surface area contributed by atoms with Gasteiger partial charge in [0.2, 0.25) is 0 Å². The standard InChI is InChI=1S/C34H70O13.C9H20O3.C9H20/c1-9-35-17-29(42-11-3)19-37-21-31(44-13-5)23-39-25-33(46-15-7)27-41-28-34(47-16-8)26-40-24-32(45-14-6)22-38-20-30(43-12-4)18-36-10-2;1-4-10-7-9(12-6-3)8-11-5-2;1-5-9(6-2,7-3)8-4/h29-34H,9-28H2,1-8H3;9H,4-8H2,1-3H3;5-8H2,1-4H3. The van der Waals surface area contributed by atoms with E-state index in [9.17, 15) is 0 Å². The third kappa shape index (κ3) is 44.1. The lowest BCUT2D eigenvalue weighted by Gasteiger charge is -2.28. The van der Waals surface area contributed by atoms with Gasteiger partial charge in [-0.1, -0.05) is 53.4 Å². The lowest BCUT2D eigenvalue weighted by Crippen LogP contribution is -2.34. The summed E-state index contributed by atoms with van der Waals surface area (Å²) < 4.78 is 91.3. The molecule has 0 bridgehead atoms. The molecule has 0 amide bonds. The van der Waals surface area contributed by atoms with Gasteiger partial charge in [0, 0.05) is 72.7 Å². The van der Waals surface area contributed by atoms with E-state index in [1.54, 1.807) is 0 Å². The molecular formula is C52H110O16. The molecule has 6 atom stereocenters. The fourth-order valence-electron chi connectivity index (χ4n) is 6.81. The normalized spacial score (nSPS) is 14.5. The first kappa shape index (κ1) is 71.6. The van der Waals surface area contributed by atoms with Crippen LogP contribution in [0.4, 0.5) is 0 Å².